The van der Waals surface area contributed by atoms with Gasteiger partial charge in [0, 0.05) is 28.7 Å². The zero-order chi connectivity index (χ0) is 11.5. The van der Waals surface area contributed by atoms with E-state index in [4.69, 9.17) is 0 Å². The molecular weight excluding hydrogens is 204 g/mol. The van der Waals surface area contributed by atoms with Gasteiger partial charge in [0.15, 0.2) is 0 Å². The van der Waals surface area contributed by atoms with E-state index in [9.17, 15) is 10.1 Å². The molecule has 0 saturated carbocycles. The molecule has 4 nitrogen and oxygen atoms in total. The Morgan fingerprint density at radius 1 is 1.38 bits per heavy atom. The summed E-state index contributed by atoms with van der Waals surface area (Å²) in [6.07, 6.45) is 3.28. The Labute approximate surface area is 93.4 Å². The van der Waals surface area contributed by atoms with Crippen LogP contribution in [0.25, 0.3) is 10.9 Å². The number of nitrogens with one attached hydrogen (secondary N) is 1. The quantitative estimate of drug-likeness (QED) is 0.631. The third-order valence-electron chi connectivity index (χ3n) is 2.67. The summed E-state index contributed by atoms with van der Waals surface area (Å²) < 4.78 is 0. The molecule has 0 fully saturated rings. The maximum Gasteiger partial charge on any atom is 0.270 e. The molecule has 0 saturated heterocycles. The lowest BCUT2D eigenvalue weighted by molar-refractivity contribution is -0.384. The average Bonchev–Trinajstić information content (AvgIpc) is 2.67. The molecule has 2 aromatic rings. The van der Waals surface area contributed by atoms with Gasteiger partial charge in [0.1, 0.15) is 0 Å². The van der Waals surface area contributed by atoms with Crippen LogP contribution in [0.5, 0.6) is 0 Å². The zero-order valence-corrected chi connectivity index (χ0v) is 9.19. The highest BCUT2D eigenvalue weighted by molar-refractivity contribution is 5.82. The van der Waals surface area contributed by atoms with E-state index >= 15 is 0 Å². The molecular formula is C12H14N2O2. The van der Waals surface area contributed by atoms with Gasteiger partial charge in [-0.3, -0.25) is 10.1 Å². The van der Waals surface area contributed by atoms with Crippen molar-refractivity contribution in [1.29, 1.82) is 0 Å². The number of fused-ring (bicyclic) bond motifs is 1. The van der Waals surface area contributed by atoms with Gasteiger partial charge in [-0.2, -0.15) is 0 Å². The Kier molecular flexibility index (Phi) is 2.90. The molecule has 0 bridgehead atoms. The van der Waals surface area contributed by atoms with Crippen molar-refractivity contribution in [1.82, 2.24) is 4.98 Å². The minimum Gasteiger partial charge on any atom is -0.358 e. The van der Waals surface area contributed by atoms with Crippen molar-refractivity contribution in [3.05, 3.63) is 40.1 Å². The summed E-state index contributed by atoms with van der Waals surface area (Å²) in [5.74, 6) is 0. The van der Waals surface area contributed by atoms with Crippen LogP contribution in [-0.4, -0.2) is 9.91 Å². The van der Waals surface area contributed by atoms with Gasteiger partial charge in [0.2, 0.25) is 0 Å². The number of unbranched alkanes of at least 4 members (excludes halogenated alkanes) is 1. The van der Waals surface area contributed by atoms with Gasteiger partial charge in [0.05, 0.1) is 4.92 Å². The first-order valence-corrected chi connectivity index (χ1v) is 5.46. The number of aromatic nitrogens is 1. The van der Waals surface area contributed by atoms with Crippen LogP contribution in [0, 0.1) is 10.1 Å². The van der Waals surface area contributed by atoms with Crippen molar-refractivity contribution in [3.63, 3.8) is 0 Å². The largest absolute Gasteiger partial charge is 0.358 e. The number of aromatic amines is 1. The number of H-pyrrole nitrogens is 1. The van der Waals surface area contributed by atoms with Crippen molar-refractivity contribution < 1.29 is 4.92 Å². The smallest absolute Gasteiger partial charge is 0.270 e. The van der Waals surface area contributed by atoms with Crippen LogP contribution in [-0.2, 0) is 6.42 Å². The number of nitro benzene ring substituents is 1. The van der Waals surface area contributed by atoms with Gasteiger partial charge >= 0.3 is 0 Å². The lowest BCUT2D eigenvalue weighted by Crippen LogP contribution is -1.86. The van der Waals surface area contributed by atoms with E-state index in [1.807, 2.05) is 6.07 Å². The molecule has 0 aliphatic carbocycles. The molecule has 1 heterocycles. The van der Waals surface area contributed by atoms with Crippen LogP contribution >= 0.6 is 0 Å². The van der Waals surface area contributed by atoms with E-state index in [0.717, 1.165) is 35.9 Å². The molecule has 0 unspecified atom stereocenters. The third-order valence-corrected chi connectivity index (χ3v) is 2.67. The fourth-order valence-corrected chi connectivity index (χ4v) is 1.80. The highest BCUT2D eigenvalue weighted by atomic mass is 16.6. The Hall–Kier alpha value is -1.84. The van der Waals surface area contributed by atoms with Gasteiger partial charge in [-0.1, -0.05) is 13.3 Å². The van der Waals surface area contributed by atoms with Gasteiger partial charge < -0.3 is 4.98 Å². The number of rotatable bonds is 4. The standard InChI is InChI=1S/C12H14N2O2/c1-2-3-4-10-7-9-8-11(14(15)16)5-6-12(9)13-10/h5-8,13H,2-4H2,1H3. The van der Waals surface area contributed by atoms with Crippen molar-refractivity contribution in [3.8, 4) is 0 Å². The van der Waals surface area contributed by atoms with E-state index in [2.05, 4.69) is 11.9 Å². The summed E-state index contributed by atoms with van der Waals surface area (Å²) in [7, 11) is 0. The number of hydrogen-bond acceptors (Lipinski definition) is 2. The van der Waals surface area contributed by atoms with Crippen molar-refractivity contribution in [2.75, 3.05) is 0 Å². The number of aryl methyl sites for hydroxylation is 1. The Morgan fingerprint density at radius 2 is 2.19 bits per heavy atom. The fourth-order valence-electron chi connectivity index (χ4n) is 1.80. The molecule has 0 aliphatic rings. The lowest BCUT2D eigenvalue weighted by Gasteiger charge is -1.92. The molecule has 84 valence electrons. The number of nitro groups is 1. The van der Waals surface area contributed by atoms with Gasteiger partial charge in [-0.25, -0.2) is 0 Å². The summed E-state index contributed by atoms with van der Waals surface area (Å²) >= 11 is 0. The highest BCUT2D eigenvalue weighted by Gasteiger charge is 2.07. The second-order valence-corrected chi connectivity index (χ2v) is 3.93. The summed E-state index contributed by atoms with van der Waals surface area (Å²) in [4.78, 5) is 13.5. The molecule has 2 rings (SSSR count). The number of non-ortho nitro benzene ring substituents is 1. The fraction of sp³-hybridized carbons (Fsp3) is 0.333. The molecule has 0 amide bonds. The van der Waals surface area contributed by atoms with E-state index in [0.29, 0.717) is 0 Å². The third kappa shape index (κ3) is 2.05. The zero-order valence-electron chi connectivity index (χ0n) is 9.19. The Bertz CT molecular complexity index is 517. The van der Waals surface area contributed by atoms with Crippen molar-refractivity contribution >= 4 is 16.6 Å². The van der Waals surface area contributed by atoms with E-state index in [1.165, 1.54) is 6.07 Å². The summed E-state index contributed by atoms with van der Waals surface area (Å²) in [6, 6.07) is 6.91. The molecule has 0 spiro atoms. The SMILES string of the molecule is CCCCc1cc2cc([N+](=O)[O-])ccc2[nH]1. The van der Waals surface area contributed by atoms with Gasteiger partial charge in [-0.15, -0.1) is 0 Å². The molecule has 0 atom stereocenters. The second kappa shape index (κ2) is 4.35. The van der Waals surface area contributed by atoms with Crippen LogP contribution in [0.1, 0.15) is 25.5 Å². The molecule has 1 N–H and O–H groups in total. The first-order valence-electron chi connectivity index (χ1n) is 5.46. The summed E-state index contributed by atoms with van der Waals surface area (Å²) in [5, 5.41) is 11.5. The molecule has 1 aromatic carbocycles. The summed E-state index contributed by atoms with van der Waals surface area (Å²) in [6.45, 7) is 2.15. The van der Waals surface area contributed by atoms with Gasteiger partial charge in [0.25, 0.3) is 5.69 Å². The minimum atomic E-state index is -0.363. The van der Waals surface area contributed by atoms with Crippen LogP contribution in [0.4, 0.5) is 5.69 Å². The van der Waals surface area contributed by atoms with Gasteiger partial charge in [-0.05, 0) is 25.0 Å². The maximum atomic E-state index is 10.6. The van der Waals surface area contributed by atoms with Crippen LogP contribution in [0.15, 0.2) is 24.3 Å². The van der Waals surface area contributed by atoms with Crippen LogP contribution < -0.4 is 0 Å². The molecule has 1 aromatic heterocycles. The Morgan fingerprint density at radius 3 is 2.88 bits per heavy atom. The van der Waals surface area contributed by atoms with E-state index in [1.54, 1.807) is 12.1 Å². The molecule has 16 heavy (non-hydrogen) atoms. The average molecular weight is 218 g/mol. The number of benzene rings is 1. The summed E-state index contributed by atoms with van der Waals surface area (Å²) in [5.41, 5.74) is 2.27. The predicted molar refractivity (Wildman–Crippen MR) is 63.6 cm³/mol. The normalized spacial score (nSPS) is 10.8. The second-order valence-electron chi connectivity index (χ2n) is 3.93. The number of nitrogens with zero attached hydrogens (tertiary/aromatic N) is 1. The van der Waals surface area contributed by atoms with E-state index < -0.39 is 0 Å². The maximum absolute atomic E-state index is 10.6. The number of hydrogen-bond donors (Lipinski definition) is 1. The van der Waals surface area contributed by atoms with Crippen LogP contribution in [0.2, 0.25) is 0 Å². The monoisotopic (exact) mass is 218 g/mol. The Balaban J connectivity index is 2.34. The highest BCUT2D eigenvalue weighted by Crippen LogP contribution is 2.22. The molecule has 4 heteroatoms. The lowest BCUT2D eigenvalue weighted by atomic mass is 10.2. The molecule has 0 aliphatic heterocycles. The first-order chi connectivity index (χ1) is 7.70. The van der Waals surface area contributed by atoms with Crippen molar-refractivity contribution in [2.24, 2.45) is 0 Å². The minimum absolute atomic E-state index is 0.147. The van der Waals surface area contributed by atoms with E-state index in [-0.39, 0.29) is 10.6 Å². The molecule has 0 radical (unpaired) electrons. The topological polar surface area (TPSA) is 58.9 Å². The van der Waals surface area contributed by atoms with Crippen molar-refractivity contribution in [2.45, 2.75) is 26.2 Å². The van der Waals surface area contributed by atoms with Crippen LogP contribution in [0.3, 0.4) is 0 Å². The predicted octanol–water partition coefficient (Wildman–Crippen LogP) is 3.42. The first kappa shape index (κ1) is 10.7.